The van der Waals surface area contributed by atoms with Crippen LogP contribution in [0, 0.1) is 10.1 Å². The molecule has 1 aromatic heterocycles. The highest BCUT2D eigenvalue weighted by Gasteiger charge is 2.19. The summed E-state index contributed by atoms with van der Waals surface area (Å²) < 4.78 is 0. The average Bonchev–Trinajstić information content (AvgIpc) is 2.61. The Bertz CT molecular complexity index is 607. The number of hydrogen-bond donors (Lipinski definition) is 2. The number of carboxylic acids is 1. The van der Waals surface area contributed by atoms with Crippen molar-refractivity contribution in [3.63, 3.8) is 0 Å². The van der Waals surface area contributed by atoms with E-state index in [4.69, 9.17) is 16.7 Å². The smallest absolute Gasteiger partial charge is 0.357 e. The number of nitrogens with zero attached hydrogens (tertiary/aromatic N) is 2. The first kappa shape index (κ1) is 10.4. The summed E-state index contributed by atoms with van der Waals surface area (Å²) in [5.41, 5.74) is -0.260. The SMILES string of the molecule is O=C(O)c1n[nH]c2cc([N+](=O)[O-])cc(Cl)c12. The lowest BCUT2D eigenvalue weighted by Crippen LogP contribution is -1.97. The van der Waals surface area contributed by atoms with Crippen molar-refractivity contribution in [2.24, 2.45) is 0 Å². The lowest BCUT2D eigenvalue weighted by atomic mass is 10.2. The van der Waals surface area contributed by atoms with E-state index < -0.39 is 10.9 Å². The molecule has 0 radical (unpaired) electrons. The number of nitro benzene ring substituents is 1. The molecule has 0 saturated heterocycles. The number of aromatic amines is 1. The van der Waals surface area contributed by atoms with E-state index in [1.807, 2.05) is 0 Å². The number of rotatable bonds is 2. The van der Waals surface area contributed by atoms with Gasteiger partial charge >= 0.3 is 5.97 Å². The van der Waals surface area contributed by atoms with Crippen LogP contribution in [0.25, 0.3) is 10.9 Å². The van der Waals surface area contributed by atoms with Crippen molar-refractivity contribution in [2.75, 3.05) is 0 Å². The molecule has 2 N–H and O–H groups in total. The minimum atomic E-state index is -1.25. The topological polar surface area (TPSA) is 109 Å². The Morgan fingerprint density at radius 2 is 2.25 bits per heavy atom. The molecule has 7 nitrogen and oxygen atoms in total. The number of benzene rings is 1. The number of nitrogens with one attached hydrogen (secondary N) is 1. The zero-order chi connectivity index (χ0) is 11.9. The monoisotopic (exact) mass is 241 g/mol. The van der Waals surface area contributed by atoms with Gasteiger partial charge in [-0.25, -0.2) is 4.79 Å². The lowest BCUT2D eigenvalue weighted by molar-refractivity contribution is -0.384. The second-order valence-corrected chi connectivity index (χ2v) is 3.39. The molecule has 0 aliphatic heterocycles. The number of hydrogen-bond acceptors (Lipinski definition) is 4. The predicted octanol–water partition coefficient (Wildman–Crippen LogP) is 1.82. The van der Waals surface area contributed by atoms with Crippen molar-refractivity contribution in [3.8, 4) is 0 Å². The van der Waals surface area contributed by atoms with E-state index in [1.165, 1.54) is 6.07 Å². The van der Waals surface area contributed by atoms with Gasteiger partial charge in [0, 0.05) is 12.1 Å². The van der Waals surface area contributed by atoms with Crippen molar-refractivity contribution >= 4 is 34.2 Å². The summed E-state index contributed by atoms with van der Waals surface area (Å²) in [6.45, 7) is 0. The Labute approximate surface area is 92.8 Å². The van der Waals surface area contributed by atoms with Gasteiger partial charge in [-0.1, -0.05) is 11.6 Å². The number of H-pyrrole nitrogens is 1. The van der Waals surface area contributed by atoms with E-state index in [9.17, 15) is 14.9 Å². The van der Waals surface area contributed by atoms with E-state index in [1.54, 1.807) is 0 Å². The van der Waals surface area contributed by atoms with E-state index >= 15 is 0 Å². The number of fused-ring (bicyclic) bond motifs is 1. The van der Waals surface area contributed by atoms with Crippen LogP contribution in [-0.2, 0) is 0 Å². The molecule has 1 aromatic carbocycles. The Balaban J connectivity index is 2.78. The predicted molar refractivity (Wildman–Crippen MR) is 54.7 cm³/mol. The Hall–Kier alpha value is -2.15. The van der Waals surface area contributed by atoms with Gasteiger partial charge in [-0.05, 0) is 0 Å². The fourth-order valence-electron chi connectivity index (χ4n) is 1.35. The number of non-ortho nitro benzene ring substituents is 1. The van der Waals surface area contributed by atoms with Crippen LogP contribution in [0.4, 0.5) is 5.69 Å². The third kappa shape index (κ3) is 1.47. The number of aromatic nitrogens is 2. The van der Waals surface area contributed by atoms with Gasteiger partial charge in [0.05, 0.1) is 20.8 Å². The molecule has 82 valence electrons. The molecule has 0 amide bonds. The van der Waals surface area contributed by atoms with Gasteiger partial charge in [0.25, 0.3) is 5.69 Å². The Morgan fingerprint density at radius 1 is 1.56 bits per heavy atom. The minimum absolute atomic E-state index is 0.0182. The fraction of sp³-hybridized carbons (Fsp3) is 0. The van der Waals surface area contributed by atoms with Gasteiger partial charge in [-0.2, -0.15) is 5.10 Å². The van der Waals surface area contributed by atoms with Crippen LogP contribution in [0.1, 0.15) is 10.5 Å². The highest BCUT2D eigenvalue weighted by molar-refractivity contribution is 6.36. The molecule has 2 aromatic rings. The van der Waals surface area contributed by atoms with E-state index in [0.717, 1.165) is 6.07 Å². The molecule has 0 spiro atoms. The first-order valence-electron chi connectivity index (χ1n) is 4.06. The second-order valence-electron chi connectivity index (χ2n) is 2.98. The lowest BCUT2D eigenvalue weighted by Gasteiger charge is -1.95. The molecule has 8 heteroatoms. The molecule has 16 heavy (non-hydrogen) atoms. The van der Waals surface area contributed by atoms with Gasteiger partial charge in [0.1, 0.15) is 0 Å². The molecular formula is C8H4ClN3O4. The summed E-state index contributed by atoms with van der Waals surface area (Å²) in [4.78, 5) is 20.7. The van der Waals surface area contributed by atoms with Crippen LogP contribution >= 0.6 is 11.6 Å². The normalized spacial score (nSPS) is 10.6. The molecule has 1 heterocycles. The number of nitro groups is 1. The van der Waals surface area contributed by atoms with Gasteiger partial charge in [0.2, 0.25) is 0 Å². The maximum absolute atomic E-state index is 10.8. The van der Waals surface area contributed by atoms with Crippen molar-refractivity contribution in [3.05, 3.63) is 33.0 Å². The maximum Gasteiger partial charge on any atom is 0.357 e. The van der Waals surface area contributed by atoms with Gasteiger partial charge in [-0.3, -0.25) is 15.2 Å². The largest absolute Gasteiger partial charge is 0.476 e. The third-order valence-electron chi connectivity index (χ3n) is 2.01. The van der Waals surface area contributed by atoms with Gasteiger partial charge < -0.3 is 5.11 Å². The van der Waals surface area contributed by atoms with E-state index in [2.05, 4.69) is 10.2 Å². The highest BCUT2D eigenvalue weighted by Crippen LogP contribution is 2.29. The number of carboxylic acid groups (broad SMARTS) is 1. The van der Waals surface area contributed by atoms with Crippen molar-refractivity contribution in [1.29, 1.82) is 0 Å². The molecule has 0 atom stereocenters. The summed E-state index contributed by atoms with van der Waals surface area (Å²) in [7, 11) is 0. The number of aromatic carboxylic acids is 1. The van der Waals surface area contributed by atoms with Gasteiger partial charge in [0.15, 0.2) is 5.69 Å². The van der Waals surface area contributed by atoms with Crippen molar-refractivity contribution in [2.45, 2.75) is 0 Å². The van der Waals surface area contributed by atoms with Crippen LogP contribution in [0.2, 0.25) is 5.02 Å². The van der Waals surface area contributed by atoms with Crippen molar-refractivity contribution < 1.29 is 14.8 Å². The zero-order valence-corrected chi connectivity index (χ0v) is 8.35. The molecule has 0 unspecified atom stereocenters. The zero-order valence-electron chi connectivity index (χ0n) is 7.60. The first-order valence-corrected chi connectivity index (χ1v) is 4.44. The minimum Gasteiger partial charge on any atom is -0.476 e. The molecule has 0 fully saturated rings. The van der Waals surface area contributed by atoms with Crippen LogP contribution in [0.3, 0.4) is 0 Å². The standard InChI is InChI=1S/C8H4ClN3O4/c9-4-1-3(12(15)16)2-5-6(4)7(8(13)14)11-10-5/h1-2H,(H,10,11)(H,13,14). The highest BCUT2D eigenvalue weighted by atomic mass is 35.5. The summed E-state index contributed by atoms with van der Waals surface area (Å²) in [5.74, 6) is -1.25. The molecule has 0 bridgehead atoms. The molecule has 0 aliphatic rings. The van der Waals surface area contributed by atoms with Crippen LogP contribution in [0.5, 0.6) is 0 Å². The van der Waals surface area contributed by atoms with Crippen LogP contribution < -0.4 is 0 Å². The summed E-state index contributed by atoms with van der Waals surface area (Å²) in [6.07, 6.45) is 0. The third-order valence-corrected chi connectivity index (χ3v) is 2.31. The van der Waals surface area contributed by atoms with Crippen LogP contribution in [0.15, 0.2) is 12.1 Å². The molecular weight excluding hydrogens is 238 g/mol. The quantitative estimate of drug-likeness (QED) is 0.616. The van der Waals surface area contributed by atoms with Gasteiger partial charge in [-0.15, -0.1) is 0 Å². The fourth-order valence-corrected chi connectivity index (χ4v) is 1.66. The van der Waals surface area contributed by atoms with E-state index in [-0.39, 0.29) is 27.3 Å². The number of halogens is 1. The molecule has 0 saturated carbocycles. The maximum atomic E-state index is 10.8. The summed E-state index contributed by atoms with van der Waals surface area (Å²) in [5, 5.41) is 25.4. The second kappa shape index (κ2) is 3.46. The van der Waals surface area contributed by atoms with Crippen molar-refractivity contribution in [1.82, 2.24) is 10.2 Å². The molecule has 0 aliphatic carbocycles. The summed E-state index contributed by atoms with van der Waals surface area (Å²) >= 11 is 5.77. The number of carbonyl (C=O) groups is 1. The molecule has 2 rings (SSSR count). The average molecular weight is 242 g/mol. The Kier molecular flexibility index (Phi) is 2.24. The van der Waals surface area contributed by atoms with E-state index in [0.29, 0.717) is 0 Å². The first-order chi connectivity index (χ1) is 7.50. The van der Waals surface area contributed by atoms with Crippen LogP contribution in [-0.4, -0.2) is 26.2 Å². The Morgan fingerprint density at radius 3 is 2.81 bits per heavy atom. The summed E-state index contributed by atoms with van der Waals surface area (Å²) in [6, 6.07) is 2.27.